The molecule has 0 bridgehead atoms. The van der Waals surface area contributed by atoms with Crippen LogP contribution in [0.1, 0.15) is 35.7 Å². The summed E-state index contributed by atoms with van der Waals surface area (Å²) in [7, 11) is 0. The largest absolute Gasteiger partial charge is 0.319 e. The summed E-state index contributed by atoms with van der Waals surface area (Å²) < 4.78 is 13.6. The maximum absolute atomic E-state index is 13.6. The van der Waals surface area contributed by atoms with Crippen LogP contribution in [0.4, 0.5) is 10.1 Å². The Kier molecular flexibility index (Phi) is 4.40. The van der Waals surface area contributed by atoms with Gasteiger partial charge in [0.25, 0.3) is 5.91 Å². The van der Waals surface area contributed by atoms with Gasteiger partial charge in [-0.3, -0.25) is 4.79 Å². The number of rotatable bonds is 3. The number of hydrogen-bond donors (Lipinski definition) is 1. The SMILES string of the molecule is CC(C)c1ccc(C(=O)Nc2ccc(Cl)cc2F)cc1. The van der Waals surface area contributed by atoms with E-state index in [9.17, 15) is 9.18 Å². The van der Waals surface area contributed by atoms with E-state index < -0.39 is 5.82 Å². The van der Waals surface area contributed by atoms with E-state index >= 15 is 0 Å². The van der Waals surface area contributed by atoms with Crippen LogP contribution in [0.2, 0.25) is 5.02 Å². The van der Waals surface area contributed by atoms with E-state index in [-0.39, 0.29) is 11.6 Å². The molecule has 0 unspecified atom stereocenters. The number of anilines is 1. The fourth-order valence-corrected chi connectivity index (χ4v) is 1.96. The van der Waals surface area contributed by atoms with Gasteiger partial charge in [0, 0.05) is 10.6 Å². The van der Waals surface area contributed by atoms with E-state index in [0.717, 1.165) is 5.56 Å². The molecule has 0 fully saturated rings. The van der Waals surface area contributed by atoms with Crippen molar-refractivity contribution in [2.24, 2.45) is 0 Å². The molecule has 1 N–H and O–H groups in total. The van der Waals surface area contributed by atoms with Crippen LogP contribution in [0, 0.1) is 5.82 Å². The lowest BCUT2D eigenvalue weighted by molar-refractivity contribution is 0.102. The summed E-state index contributed by atoms with van der Waals surface area (Å²) in [6.45, 7) is 4.16. The average Bonchev–Trinajstić information content (AvgIpc) is 2.42. The molecule has 0 saturated heterocycles. The first-order chi connectivity index (χ1) is 9.47. The van der Waals surface area contributed by atoms with Crippen LogP contribution >= 0.6 is 11.6 Å². The van der Waals surface area contributed by atoms with Crippen LogP contribution < -0.4 is 5.32 Å². The number of nitrogens with one attached hydrogen (secondary N) is 1. The van der Waals surface area contributed by atoms with Crippen molar-refractivity contribution < 1.29 is 9.18 Å². The predicted octanol–water partition coefficient (Wildman–Crippen LogP) is 4.85. The zero-order valence-electron chi connectivity index (χ0n) is 11.3. The summed E-state index contributed by atoms with van der Waals surface area (Å²) in [5, 5.41) is 2.82. The second-order valence-corrected chi connectivity index (χ2v) is 5.29. The standard InChI is InChI=1S/C16H15ClFNO/c1-10(2)11-3-5-12(6-4-11)16(20)19-15-8-7-13(17)9-14(15)18/h3-10H,1-2H3,(H,19,20). The Bertz CT molecular complexity index is 623. The fraction of sp³-hybridized carbons (Fsp3) is 0.188. The number of amides is 1. The van der Waals surface area contributed by atoms with Crippen LogP contribution in [-0.2, 0) is 0 Å². The monoisotopic (exact) mass is 291 g/mol. The van der Waals surface area contributed by atoms with Crippen molar-refractivity contribution in [1.82, 2.24) is 0 Å². The minimum absolute atomic E-state index is 0.118. The van der Waals surface area contributed by atoms with Crippen LogP contribution in [0.3, 0.4) is 0 Å². The quantitative estimate of drug-likeness (QED) is 0.860. The number of carbonyl (C=O) groups excluding carboxylic acids is 1. The maximum atomic E-state index is 13.6. The Labute approximate surface area is 122 Å². The molecule has 1 amide bonds. The average molecular weight is 292 g/mol. The molecule has 0 aromatic heterocycles. The van der Waals surface area contributed by atoms with Crippen LogP contribution in [0.25, 0.3) is 0 Å². The minimum Gasteiger partial charge on any atom is -0.319 e. The van der Waals surface area contributed by atoms with E-state index in [0.29, 0.717) is 16.5 Å². The van der Waals surface area contributed by atoms with Crippen LogP contribution in [0.15, 0.2) is 42.5 Å². The van der Waals surface area contributed by atoms with Gasteiger partial charge in [-0.2, -0.15) is 0 Å². The van der Waals surface area contributed by atoms with E-state index in [1.807, 2.05) is 12.1 Å². The lowest BCUT2D eigenvalue weighted by Gasteiger charge is -2.08. The number of benzene rings is 2. The molecule has 0 aliphatic heterocycles. The molecule has 104 valence electrons. The number of carbonyl (C=O) groups is 1. The number of halogens is 2. The maximum Gasteiger partial charge on any atom is 0.255 e. The molecule has 2 nitrogen and oxygen atoms in total. The summed E-state index contributed by atoms with van der Waals surface area (Å²) in [5.74, 6) is -0.494. The first-order valence-corrected chi connectivity index (χ1v) is 6.71. The molecule has 20 heavy (non-hydrogen) atoms. The molecule has 0 atom stereocenters. The van der Waals surface area contributed by atoms with Gasteiger partial charge < -0.3 is 5.32 Å². The van der Waals surface area contributed by atoms with Gasteiger partial charge in [0.05, 0.1) is 5.69 Å². The second kappa shape index (κ2) is 6.06. The third-order valence-corrected chi connectivity index (χ3v) is 3.25. The zero-order chi connectivity index (χ0) is 14.7. The van der Waals surface area contributed by atoms with Gasteiger partial charge in [-0.1, -0.05) is 37.6 Å². The van der Waals surface area contributed by atoms with Gasteiger partial charge in [-0.15, -0.1) is 0 Å². The molecule has 0 spiro atoms. The van der Waals surface area contributed by atoms with Crippen LogP contribution in [0.5, 0.6) is 0 Å². The molecule has 2 aromatic carbocycles. The van der Waals surface area contributed by atoms with Gasteiger partial charge in [0.1, 0.15) is 5.82 Å². The van der Waals surface area contributed by atoms with Gasteiger partial charge in [0.15, 0.2) is 0 Å². The lowest BCUT2D eigenvalue weighted by Crippen LogP contribution is -2.13. The van der Waals surface area contributed by atoms with E-state index in [1.165, 1.54) is 18.2 Å². The van der Waals surface area contributed by atoms with Gasteiger partial charge in [-0.25, -0.2) is 4.39 Å². The lowest BCUT2D eigenvalue weighted by atomic mass is 10.0. The fourth-order valence-electron chi connectivity index (χ4n) is 1.80. The Morgan fingerprint density at radius 3 is 2.35 bits per heavy atom. The minimum atomic E-state index is -0.551. The second-order valence-electron chi connectivity index (χ2n) is 4.86. The van der Waals surface area contributed by atoms with E-state index in [2.05, 4.69) is 19.2 Å². The summed E-state index contributed by atoms with van der Waals surface area (Å²) in [4.78, 5) is 12.0. The molecule has 0 aliphatic carbocycles. The molecule has 2 rings (SSSR count). The molecular weight excluding hydrogens is 277 g/mol. The normalized spacial score (nSPS) is 10.7. The predicted molar refractivity (Wildman–Crippen MR) is 79.9 cm³/mol. The van der Waals surface area contributed by atoms with E-state index in [4.69, 9.17) is 11.6 Å². The van der Waals surface area contributed by atoms with Gasteiger partial charge >= 0.3 is 0 Å². The first-order valence-electron chi connectivity index (χ1n) is 6.33. The Balaban J connectivity index is 2.15. The molecule has 0 saturated carbocycles. The van der Waals surface area contributed by atoms with Crippen molar-refractivity contribution in [2.75, 3.05) is 5.32 Å². The van der Waals surface area contributed by atoms with Crippen molar-refractivity contribution in [3.05, 3.63) is 64.4 Å². The van der Waals surface area contributed by atoms with Crippen molar-refractivity contribution in [2.45, 2.75) is 19.8 Å². The Morgan fingerprint density at radius 2 is 1.80 bits per heavy atom. The molecule has 0 aliphatic rings. The summed E-state index contributed by atoms with van der Waals surface area (Å²) in [5.41, 5.74) is 1.76. The topological polar surface area (TPSA) is 29.1 Å². The Hall–Kier alpha value is -1.87. The smallest absolute Gasteiger partial charge is 0.255 e. The third-order valence-electron chi connectivity index (χ3n) is 3.02. The molecule has 0 heterocycles. The van der Waals surface area contributed by atoms with Crippen molar-refractivity contribution >= 4 is 23.2 Å². The van der Waals surface area contributed by atoms with Gasteiger partial charge in [-0.05, 0) is 41.8 Å². The highest BCUT2D eigenvalue weighted by molar-refractivity contribution is 6.30. The highest BCUT2D eigenvalue weighted by atomic mass is 35.5. The van der Waals surface area contributed by atoms with Crippen LogP contribution in [-0.4, -0.2) is 5.91 Å². The zero-order valence-corrected chi connectivity index (χ0v) is 12.0. The molecule has 2 aromatic rings. The highest BCUT2D eigenvalue weighted by Crippen LogP contribution is 2.20. The van der Waals surface area contributed by atoms with Crippen molar-refractivity contribution in [1.29, 1.82) is 0 Å². The Morgan fingerprint density at radius 1 is 1.15 bits per heavy atom. The third kappa shape index (κ3) is 3.36. The summed E-state index contributed by atoms with van der Waals surface area (Å²) in [6, 6.07) is 11.4. The molecule has 0 radical (unpaired) electrons. The molecule has 4 heteroatoms. The van der Waals surface area contributed by atoms with Gasteiger partial charge in [0.2, 0.25) is 0 Å². The first kappa shape index (κ1) is 14.5. The van der Waals surface area contributed by atoms with E-state index in [1.54, 1.807) is 12.1 Å². The summed E-state index contributed by atoms with van der Waals surface area (Å²) in [6.07, 6.45) is 0. The highest BCUT2D eigenvalue weighted by Gasteiger charge is 2.10. The molecular formula is C16H15ClFNO. The van der Waals surface area contributed by atoms with Crippen molar-refractivity contribution in [3.63, 3.8) is 0 Å². The van der Waals surface area contributed by atoms with Crippen molar-refractivity contribution in [3.8, 4) is 0 Å². The summed E-state index contributed by atoms with van der Waals surface area (Å²) >= 11 is 5.66. The number of hydrogen-bond acceptors (Lipinski definition) is 1.